The molecule has 1 N–H and O–H groups in total. The van der Waals surface area contributed by atoms with E-state index in [2.05, 4.69) is 32.6 Å². The van der Waals surface area contributed by atoms with E-state index in [9.17, 15) is 0 Å². The van der Waals surface area contributed by atoms with E-state index in [1.807, 2.05) is 12.1 Å². The van der Waals surface area contributed by atoms with Gasteiger partial charge in [0.1, 0.15) is 9.22 Å². The van der Waals surface area contributed by atoms with Crippen LogP contribution in [0.15, 0.2) is 12.1 Å². The average molecular weight is 312 g/mol. The Morgan fingerprint density at radius 1 is 1.58 bits per heavy atom. The number of fused-ring (bicyclic) bond motifs is 1. The summed E-state index contributed by atoms with van der Waals surface area (Å²) in [6, 6.07) is 3.76. The third kappa shape index (κ3) is 1.25. The van der Waals surface area contributed by atoms with Crippen molar-refractivity contribution in [2.75, 3.05) is 0 Å². The lowest BCUT2D eigenvalue weighted by Crippen LogP contribution is -1.82. The molecule has 0 aromatic carbocycles. The van der Waals surface area contributed by atoms with E-state index >= 15 is 0 Å². The molecule has 2 aromatic rings. The van der Waals surface area contributed by atoms with Gasteiger partial charge in [-0.15, -0.1) is 0 Å². The Labute approximate surface area is 92.0 Å². The maximum absolute atomic E-state index is 5.83. The van der Waals surface area contributed by atoms with Crippen LogP contribution in [0.1, 0.15) is 0 Å². The highest BCUT2D eigenvalue weighted by Crippen LogP contribution is 2.14. The van der Waals surface area contributed by atoms with E-state index < -0.39 is 0 Å². The number of rotatable bonds is 0. The molecule has 0 bridgehead atoms. The number of nitrogens with zero attached hydrogens (tertiary/aromatic N) is 2. The Bertz CT molecular complexity index is 489. The van der Waals surface area contributed by atoms with Crippen LogP contribution >= 0.6 is 46.6 Å². The first-order valence-electron chi connectivity index (χ1n) is 3.12. The zero-order valence-corrected chi connectivity index (χ0v) is 9.44. The number of pyridine rings is 1. The molecule has 0 aliphatic rings. The molecule has 0 atom stereocenters. The van der Waals surface area contributed by atoms with Gasteiger partial charge in [-0.05, 0) is 46.9 Å². The zero-order chi connectivity index (χ0) is 8.72. The zero-order valence-electron chi connectivity index (χ0n) is 5.71. The summed E-state index contributed by atoms with van der Waals surface area (Å²) in [6.45, 7) is 0. The van der Waals surface area contributed by atoms with Crippen LogP contribution in [-0.2, 0) is 0 Å². The van der Waals surface area contributed by atoms with Crippen LogP contribution in [0.2, 0.25) is 0 Å². The highest BCUT2D eigenvalue weighted by Gasteiger charge is 2.02. The predicted molar refractivity (Wildman–Crippen MR) is 58.9 cm³/mol. The molecule has 0 aliphatic heterocycles. The molecule has 12 heavy (non-hydrogen) atoms. The first kappa shape index (κ1) is 8.46. The van der Waals surface area contributed by atoms with Crippen molar-refractivity contribution in [2.24, 2.45) is 0 Å². The fraction of sp³-hybridized carbons (Fsp3) is 0. The first-order valence-corrected chi connectivity index (χ1v) is 4.94. The molecule has 62 valence electrons. The van der Waals surface area contributed by atoms with Crippen LogP contribution in [0, 0.1) is 8.47 Å². The number of hydrogen-bond acceptors (Lipinski definition) is 2. The Hall–Kier alpha value is -0.140. The number of aromatic amines is 1. The lowest BCUT2D eigenvalue weighted by atomic mass is 10.4. The lowest BCUT2D eigenvalue weighted by Gasteiger charge is -1.90. The number of aromatic nitrogens is 3. The second-order valence-corrected chi connectivity index (χ2v) is 4.04. The number of halogens is 2. The standard InChI is InChI=1S/C6H3ClIN3S/c7-11-3-1-2-4(8)9-5(3)10-6(11)12/h1-2H,(H,9,10,12). The lowest BCUT2D eigenvalue weighted by molar-refractivity contribution is 1.20. The predicted octanol–water partition coefficient (Wildman–Crippen LogP) is 2.70. The second-order valence-electron chi connectivity index (χ2n) is 2.21. The van der Waals surface area contributed by atoms with Crippen LogP contribution in [-0.4, -0.2) is 14.1 Å². The summed E-state index contributed by atoms with van der Waals surface area (Å²) in [6.07, 6.45) is 0. The van der Waals surface area contributed by atoms with Gasteiger partial charge in [-0.2, -0.15) is 0 Å². The molecule has 2 heterocycles. The molecule has 0 spiro atoms. The number of H-pyrrole nitrogens is 1. The largest absolute Gasteiger partial charge is 0.314 e. The Morgan fingerprint density at radius 2 is 2.33 bits per heavy atom. The average Bonchev–Trinajstić information content (AvgIpc) is 2.28. The van der Waals surface area contributed by atoms with Crippen LogP contribution in [0.4, 0.5) is 0 Å². The maximum Gasteiger partial charge on any atom is 0.194 e. The molecule has 0 unspecified atom stereocenters. The van der Waals surface area contributed by atoms with Gasteiger partial charge in [0.25, 0.3) is 0 Å². The SMILES string of the molecule is S=c1[nH]c2nc(I)ccc2n1Cl. The molecule has 0 fully saturated rings. The van der Waals surface area contributed by atoms with E-state index in [4.69, 9.17) is 24.0 Å². The minimum atomic E-state index is 0.473. The van der Waals surface area contributed by atoms with E-state index in [-0.39, 0.29) is 0 Å². The molecule has 2 rings (SSSR count). The first-order chi connectivity index (χ1) is 5.68. The summed E-state index contributed by atoms with van der Waals surface area (Å²) in [5.41, 5.74) is 1.53. The number of hydrogen-bond donors (Lipinski definition) is 1. The number of nitrogens with one attached hydrogen (secondary N) is 1. The maximum atomic E-state index is 5.83. The monoisotopic (exact) mass is 311 g/mol. The smallest absolute Gasteiger partial charge is 0.194 e. The van der Waals surface area contributed by atoms with Crippen molar-refractivity contribution >= 4 is 57.7 Å². The van der Waals surface area contributed by atoms with Gasteiger partial charge in [-0.25, -0.2) is 9.07 Å². The molecule has 0 radical (unpaired) electrons. The summed E-state index contributed by atoms with van der Waals surface area (Å²) < 4.78 is 2.77. The third-order valence-electron chi connectivity index (χ3n) is 1.46. The van der Waals surface area contributed by atoms with E-state index in [0.29, 0.717) is 4.77 Å². The van der Waals surface area contributed by atoms with Crippen molar-refractivity contribution < 1.29 is 0 Å². The summed E-state index contributed by atoms with van der Waals surface area (Å²) in [5, 5.41) is 0. The summed E-state index contributed by atoms with van der Waals surface area (Å²) >= 11 is 12.9. The van der Waals surface area contributed by atoms with Gasteiger partial charge in [-0.1, -0.05) is 0 Å². The molecule has 0 saturated carbocycles. The topological polar surface area (TPSA) is 33.6 Å². The Balaban J connectivity index is 2.96. The highest BCUT2D eigenvalue weighted by molar-refractivity contribution is 14.1. The summed E-state index contributed by atoms with van der Waals surface area (Å²) in [4.78, 5) is 7.11. The second kappa shape index (κ2) is 2.97. The van der Waals surface area contributed by atoms with Crippen LogP contribution in [0.3, 0.4) is 0 Å². The van der Waals surface area contributed by atoms with Crippen molar-refractivity contribution in [3.63, 3.8) is 0 Å². The molecule has 0 aliphatic carbocycles. The van der Waals surface area contributed by atoms with Crippen molar-refractivity contribution in [3.8, 4) is 0 Å². The molecule has 6 heteroatoms. The van der Waals surface area contributed by atoms with Crippen molar-refractivity contribution in [1.29, 1.82) is 0 Å². The van der Waals surface area contributed by atoms with Gasteiger partial charge in [0.2, 0.25) is 0 Å². The molecular formula is C6H3ClIN3S. The van der Waals surface area contributed by atoms with Gasteiger partial charge in [0, 0.05) is 11.8 Å². The third-order valence-corrected chi connectivity index (χ3v) is 2.79. The van der Waals surface area contributed by atoms with E-state index in [1.54, 1.807) is 0 Å². The van der Waals surface area contributed by atoms with E-state index in [0.717, 1.165) is 14.9 Å². The van der Waals surface area contributed by atoms with E-state index in [1.165, 1.54) is 4.09 Å². The van der Waals surface area contributed by atoms with Gasteiger partial charge < -0.3 is 4.98 Å². The van der Waals surface area contributed by atoms with Crippen molar-refractivity contribution in [2.45, 2.75) is 0 Å². The Morgan fingerprint density at radius 3 is 3.08 bits per heavy atom. The van der Waals surface area contributed by atoms with Crippen molar-refractivity contribution in [3.05, 3.63) is 20.6 Å². The van der Waals surface area contributed by atoms with Crippen LogP contribution < -0.4 is 0 Å². The van der Waals surface area contributed by atoms with Gasteiger partial charge in [0.15, 0.2) is 10.4 Å². The molecule has 3 nitrogen and oxygen atoms in total. The molecule has 2 aromatic heterocycles. The molecule has 0 saturated heterocycles. The summed E-state index contributed by atoms with van der Waals surface area (Å²) in [7, 11) is 0. The van der Waals surface area contributed by atoms with Crippen LogP contribution in [0.5, 0.6) is 0 Å². The number of imidazole rings is 1. The highest BCUT2D eigenvalue weighted by atomic mass is 127. The van der Waals surface area contributed by atoms with Gasteiger partial charge in [0.05, 0.1) is 0 Å². The molecular weight excluding hydrogens is 309 g/mol. The molecule has 0 amide bonds. The van der Waals surface area contributed by atoms with Gasteiger partial charge in [-0.3, -0.25) is 0 Å². The minimum Gasteiger partial charge on any atom is -0.314 e. The minimum absolute atomic E-state index is 0.473. The fourth-order valence-electron chi connectivity index (χ4n) is 0.938. The Kier molecular flexibility index (Phi) is 2.09. The van der Waals surface area contributed by atoms with Crippen molar-refractivity contribution in [1.82, 2.24) is 14.1 Å². The normalized spacial score (nSPS) is 10.8. The summed E-state index contributed by atoms with van der Waals surface area (Å²) in [5.74, 6) is 0. The van der Waals surface area contributed by atoms with Crippen LogP contribution in [0.25, 0.3) is 11.2 Å². The fourth-order valence-corrected chi connectivity index (χ4v) is 1.73. The quantitative estimate of drug-likeness (QED) is 0.461. The van der Waals surface area contributed by atoms with Gasteiger partial charge >= 0.3 is 0 Å².